The molecule has 0 atom stereocenters. The van der Waals surface area contributed by atoms with Crippen molar-refractivity contribution in [3.8, 4) is 5.75 Å². The van der Waals surface area contributed by atoms with E-state index in [1.54, 1.807) is 0 Å². The van der Waals surface area contributed by atoms with Crippen molar-refractivity contribution in [1.29, 1.82) is 0 Å². The standard InChI is InChI=1S/C8H8BrNO3/c1-13-8(12)7-5(9)2-4(10)3-6(7)11/h2-3,11H,10H2,1H3. The van der Waals surface area contributed by atoms with E-state index >= 15 is 0 Å². The summed E-state index contributed by atoms with van der Waals surface area (Å²) in [7, 11) is 1.24. The Morgan fingerprint density at radius 2 is 2.23 bits per heavy atom. The van der Waals surface area contributed by atoms with Crippen LogP contribution < -0.4 is 5.73 Å². The summed E-state index contributed by atoms with van der Waals surface area (Å²) < 4.78 is 4.88. The lowest BCUT2D eigenvalue weighted by Gasteiger charge is -2.05. The summed E-state index contributed by atoms with van der Waals surface area (Å²) in [4.78, 5) is 11.1. The van der Waals surface area contributed by atoms with E-state index in [4.69, 9.17) is 5.73 Å². The van der Waals surface area contributed by atoms with Gasteiger partial charge in [-0.3, -0.25) is 0 Å². The van der Waals surface area contributed by atoms with Gasteiger partial charge in [-0.05, 0) is 22.0 Å². The molecule has 0 radical (unpaired) electrons. The second kappa shape index (κ2) is 3.66. The van der Waals surface area contributed by atoms with Crippen LogP contribution in [0.5, 0.6) is 5.75 Å². The second-order valence-electron chi connectivity index (χ2n) is 2.39. The monoisotopic (exact) mass is 245 g/mol. The number of esters is 1. The Bertz CT molecular complexity index is 328. The molecule has 0 aliphatic rings. The first-order valence-electron chi connectivity index (χ1n) is 3.42. The molecule has 0 aliphatic heterocycles. The van der Waals surface area contributed by atoms with Gasteiger partial charge < -0.3 is 15.6 Å². The van der Waals surface area contributed by atoms with E-state index in [2.05, 4.69) is 20.7 Å². The fourth-order valence-electron chi connectivity index (χ4n) is 0.917. The number of hydrogen-bond acceptors (Lipinski definition) is 4. The van der Waals surface area contributed by atoms with Crippen LogP contribution in [0.15, 0.2) is 16.6 Å². The van der Waals surface area contributed by atoms with Crippen LogP contribution in [0, 0.1) is 0 Å². The van der Waals surface area contributed by atoms with Crippen molar-refractivity contribution in [2.75, 3.05) is 12.8 Å². The first-order valence-corrected chi connectivity index (χ1v) is 4.22. The van der Waals surface area contributed by atoms with E-state index in [1.807, 2.05) is 0 Å². The third kappa shape index (κ3) is 1.92. The predicted molar refractivity (Wildman–Crippen MR) is 51.6 cm³/mol. The first-order chi connectivity index (χ1) is 6.06. The van der Waals surface area contributed by atoms with E-state index in [1.165, 1.54) is 19.2 Å². The number of ether oxygens (including phenoxy) is 1. The molecular formula is C8H8BrNO3. The molecule has 0 aliphatic carbocycles. The second-order valence-corrected chi connectivity index (χ2v) is 3.24. The molecule has 13 heavy (non-hydrogen) atoms. The van der Waals surface area contributed by atoms with E-state index < -0.39 is 5.97 Å². The number of nitrogen functional groups attached to an aromatic ring is 1. The molecular weight excluding hydrogens is 238 g/mol. The Balaban J connectivity index is 3.28. The minimum Gasteiger partial charge on any atom is -0.507 e. The summed E-state index contributed by atoms with van der Waals surface area (Å²) in [5.74, 6) is -0.803. The number of carbonyl (C=O) groups is 1. The van der Waals surface area contributed by atoms with Gasteiger partial charge in [-0.1, -0.05) is 0 Å². The molecule has 1 aromatic carbocycles. The predicted octanol–water partition coefficient (Wildman–Crippen LogP) is 1.52. The van der Waals surface area contributed by atoms with Gasteiger partial charge in [-0.15, -0.1) is 0 Å². The number of rotatable bonds is 1. The number of aromatic hydroxyl groups is 1. The lowest BCUT2D eigenvalue weighted by atomic mass is 10.2. The molecule has 5 heteroatoms. The Morgan fingerprint density at radius 3 is 2.69 bits per heavy atom. The molecule has 0 fully saturated rings. The van der Waals surface area contributed by atoms with Gasteiger partial charge in [0.05, 0.1) is 7.11 Å². The highest BCUT2D eigenvalue weighted by Crippen LogP contribution is 2.29. The molecule has 0 saturated heterocycles. The number of halogens is 1. The van der Waals surface area contributed by atoms with E-state index in [9.17, 15) is 9.90 Å². The fraction of sp³-hybridized carbons (Fsp3) is 0.125. The Morgan fingerprint density at radius 1 is 1.62 bits per heavy atom. The quantitative estimate of drug-likeness (QED) is 0.582. The fourth-order valence-corrected chi connectivity index (χ4v) is 1.55. The topological polar surface area (TPSA) is 72.5 Å². The SMILES string of the molecule is COC(=O)c1c(O)cc(N)cc1Br. The third-order valence-electron chi connectivity index (χ3n) is 1.48. The Labute approximate surface area is 83.4 Å². The Kier molecular flexibility index (Phi) is 2.77. The molecule has 1 aromatic rings. The number of hydrogen-bond donors (Lipinski definition) is 2. The maximum atomic E-state index is 11.1. The van der Waals surface area contributed by atoms with Crippen LogP contribution in [0.3, 0.4) is 0 Å². The summed E-state index contributed by atoms with van der Waals surface area (Å²) in [6.45, 7) is 0. The molecule has 0 heterocycles. The first kappa shape index (κ1) is 9.85. The summed E-state index contributed by atoms with van der Waals surface area (Å²) in [6.07, 6.45) is 0. The zero-order valence-corrected chi connectivity index (χ0v) is 8.46. The number of benzene rings is 1. The third-order valence-corrected chi connectivity index (χ3v) is 2.11. The molecule has 4 nitrogen and oxygen atoms in total. The molecule has 3 N–H and O–H groups in total. The van der Waals surface area contributed by atoms with Gasteiger partial charge in [0.2, 0.25) is 0 Å². The van der Waals surface area contributed by atoms with Gasteiger partial charge in [-0.25, -0.2) is 4.79 Å². The van der Waals surface area contributed by atoms with Crippen LogP contribution >= 0.6 is 15.9 Å². The van der Waals surface area contributed by atoms with Crippen molar-refractivity contribution in [1.82, 2.24) is 0 Å². The van der Waals surface area contributed by atoms with Crippen LogP contribution in [0.25, 0.3) is 0 Å². The number of carbonyl (C=O) groups excluding carboxylic acids is 1. The van der Waals surface area contributed by atoms with Crippen LogP contribution in [0.2, 0.25) is 0 Å². The molecule has 0 spiro atoms. The maximum absolute atomic E-state index is 11.1. The van der Waals surface area contributed by atoms with Crippen molar-refractivity contribution in [2.24, 2.45) is 0 Å². The van der Waals surface area contributed by atoms with Gasteiger partial charge in [0.15, 0.2) is 0 Å². The number of anilines is 1. The van der Waals surface area contributed by atoms with Crippen LogP contribution in [-0.2, 0) is 4.74 Å². The molecule has 1 rings (SSSR count). The minimum absolute atomic E-state index is 0.0803. The van der Waals surface area contributed by atoms with Crippen molar-refractivity contribution < 1.29 is 14.6 Å². The highest BCUT2D eigenvalue weighted by atomic mass is 79.9. The number of nitrogens with two attached hydrogens (primary N) is 1. The number of methoxy groups -OCH3 is 1. The zero-order chi connectivity index (χ0) is 10.0. The largest absolute Gasteiger partial charge is 0.507 e. The van der Waals surface area contributed by atoms with Gasteiger partial charge >= 0.3 is 5.97 Å². The van der Waals surface area contributed by atoms with Gasteiger partial charge in [-0.2, -0.15) is 0 Å². The average Bonchev–Trinajstić information content (AvgIpc) is 2.02. The van der Waals surface area contributed by atoms with Crippen LogP contribution in [-0.4, -0.2) is 18.2 Å². The molecule has 0 unspecified atom stereocenters. The van der Waals surface area contributed by atoms with Crippen molar-refractivity contribution >= 4 is 27.6 Å². The molecule has 0 bridgehead atoms. The molecule has 70 valence electrons. The molecule has 0 aromatic heterocycles. The van der Waals surface area contributed by atoms with Crippen molar-refractivity contribution in [3.63, 3.8) is 0 Å². The van der Waals surface area contributed by atoms with Crippen molar-refractivity contribution in [2.45, 2.75) is 0 Å². The lowest BCUT2D eigenvalue weighted by molar-refractivity contribution is 0.0596. The lowest BCUT2D eigenvalue weighted by Crippen LogP contribution is -2.03. The van der Waals surface area contributed by atoms with Crippen LogP contribution in [0.4, 0.5) is 5.69 Å². The average molecular weight is 246 g/mol. The van der Waals surface area contributed by atoms with Gasteiger partial charge in [0.1, 0.15) is 11.3 Å². The minimum atomic E-state index is -0.607. The van der Waals surface area contributed by atoms with Gasteiger partial charge in [0.25, 0.3) is 0 Å². The van der Waals surface area contributed by atoms with E-state index in [0.29, 0.717) is 10.2 Å². The van der Waals surface area contributed by atoms with E-state index in [0.717, 1.165) is 0 Å². The van der Waals surface area contributed by atoms with Crippen molar-refractivity contribution in [3.05, 3.63) is 22.2 Å². The van der Waals surface area contributed by atoms with E-state index in [-0.39, 0.29) is 11.3 Å². The summed E-state index contributed by atoms with van der Waals surface area (Å²) >= 11 is 3.10. The zero-order valence-electron chi connectivity index (χ0n) is 6.87. The number of phenolic OH excluding ortho intramolecular Hbond substituents is 1. The normalized spacial score (nSPS) is 9.69. The van der Waals surface area contributed by atoms with Gasteiger partial charge in [0, 0.05) is 16.2 Å². The smallest absolute Gasteiger partial charge is 0.342 e. The highest BCUT2D eigenvalue weighted by molar-refractivity contribution is 9.10. The van der Waals surface area contributed by atoms with Crippen LogP contribution in [0.1, 0.15) is 10.4 Å². The highest BCUT2D eigenvalue weighted by Gasteiger charge is 2.15. The molecule has 0 saturated carbocycles. The molecule has 0 amide bonds. The maximum Gasteiger partial charge on any atom is 0.342 e. The summed E-state index contributed by atoms with van der Waals surface area (Å²) in [5, 5.41) is 9.36. The summed E-state index contributed by atoms with van der Waals surface area (Å²) in [5.41, 5.74) is 5.88. The summed E-state index contributed by atoms with van der Waals surface area (Å²) in [6, 6.07) is 2.81. The number of phenols is 1. The Hall–Kier alpha value is -1.23.